The van der Waals surface area contributed by atoms with Gasteiger partial charge in [-0.15, -0.1) is 6.58 Å². The Morgan fingerprint density at radius 1 is 1.35 bits per heavy atom. The van der Waals surface area contributed by atoms with E-state index in [0.29, 0.717) is 0 Å². The van der Waals surface area contributed by atoms with Gasteiger partial charge in [0.1, 0.15) is 5.57 Å². The maximum absolute atomic E-state index is 12.4. The third kappa shape index (κ3) is 5.21. The van der Waals surface area contributed by atoms with Crippen LogP contribution in [0.5, 0.6) is 0 Å². The van der Waals surface area contributed by atoms with Crippen molar-refractivity contribution < 1.29 is 27.9 Å². The van der Waals surface area contributed by atoms with E-state index in [1.807, 2.05) is 0 Å². The average Bonchev–Trinajstić information content (AvgIpc) is 2.47. The summed E-state index contributed by atoms with van der Waals surface area (Å²) in [5.41, 5.74) is -1.66. The quantitative estimate of drug-likeness (QED) is 0.276. The standard InChI is InChI=1S/C15H12F3N2O3/c1-2-11(21)7-13(22)12(8-19)14(23)20-10-5-3-9(4-6-10)15(16,17)18/h2-6,11,21H,1,7H2,(H,20,23)/q-1. The summed E-state index contributed by atoms with van der Waals surface area (Å²) in [6.07, 6.45) is -5.14. The Balaban J connectivity index is 2.83. The van der Waals surface area contributed by atoms with Gasteiger partial charge in [-0.2, -0.15) is 13.2 Å². The smallest absolute Gasteiger partial charge is 0.416 e. The summed E-state index contributed by atoms with van der Waals surface area (Å²) in [6, 6.07) is 3.51. The van der Waals surface area contributed by atoms with Gasteiger partial charge >= 0.3 is 6.18 Å². The Bertz CT molecular complexity index is 660. The number of hydrogen-bond donors (Lipinski definition) is 2. The van der Waals surface area contributed by atoms with Gasteiger partial charge in [0.15, 0.2) is 5.78 Å². The number of aliphatic hydroxyl groups excluding tert-OH is 1. The normalized spacial score (nSPS) is 12.0. The number of carbonyl (C=O) groups is 2. The van der Waals surface area contributed by atoms with Gasteiger partial charge in [-0.05, 0) is 24.3 Å². The zero-order chi connectivity index (χ0) is 17.6. The van der Waals surface area contributed by atoms with Crippen molar-refractivity contribution in [2.75, 3.05) is 5.32 Å². The molecule has 1 aromatic carbocycles. The Labute approximate surface area is 129 Å². The van der Waals surface area contributed by atoms with Crippen LogP contribution in [0.25, 0.3) is 5.41 Å². The molecule has 8 heteroatoms. The molecule has 122 valence electrons. The van der Waals surface area contributed by atoms with Crippen LogP contribution in [0.1, 0.15) is 12.0 Å². The molecule has 0 bridgehead atoms. The van der Waals surface area contributed by atoms with Crippen LogP contribution in [0.4, 0.5) is 18.9 Å². The molecule has 1 atom stereocenters. The predicted octanol–water partition coefficient (Wildman–Crippen LogP) is 2.32. The Kier molecular flexibility index (Phi) is 6.01. The third-order valence-electron chi connectivity index (χ3n) is 2.75. The van der Waals surface area contributed by atoms with Crippen molar-refractivity contribution >= 4 is 23.2 Å². The highest BCUT2D eigenvalue weighted by atomic mass is 19.4. The van der Waals surface area contributed by atoms with Crippen LogP contribution < -0.4 is 5.32 Å². The van der Waals surface area contributed by atoms with Crippen molar-refractivity contribution in [1.29, 1.82) is 0 Å². The number of Topliss-reactive ketones (excluding diaryl/α,β-unsaturated/α-hetero) is 1. The predicted molar refractivity (Wildman–Crippen MR) is 77.8 cm³/mol. The number of ketones is 1. The van der Waals surface area contributed by atoms with E-state index >= 15 is 0 Å². The molecule has 0 saturated carbocycles. The highest BCUT2D eigenvalue weighted by Crippen LogP contribution is 2.29. The van der Waals surface area contributed by atoms with E-state index in [1.165, 1.54) is 5.87 Å². The molecule has 1 unspecified atom stereocenters. The minimum atomic E-state index is -4.51. The van der Waals surface area contributed by atoms with Gasteiger partial charge < -0.3 is 15.8 Å². The van der Waals surface area contributed by atoms with Crippen molar-refractivity contribution in [2.45, 2.75) is 18.7 Å². The van der Waals surface area contributed by atoms with Gasteiger partial charge in [0.2, 0.25) is 0 Å². The van der Waals surface area contributed by atoms with Gasteiger partial charge in [0, 0.05) is 12.1 Å². The number of nitrogens with one attached hydrogen (secondary N) is 1. The first-order valence-electron chi connectivity index (χ1n) is 6.28. The van der Waals surface area contributed by atoms with Crippen LogP contribution in [0.3, 0.4) is 0 Å². The summed E-state index contributed by atoms with van der Waals surface area (Å²) in [6.45, 7) is 3.25. The summed E-state index contributed by atoms with van der Waals surface area (Å²) in [7, 11) is 0. The SMILES string of the molecule is C=CC(O)CC(=O)C(=C=[N-])C(=O)Nc1ccc(C(F)(F)F)cc1. The van der Waals surface area contributed by atoms with Crippen LogP contribution in [0.2, 0.25) is 0 Å². The first-order valence-corrected chi connectivity index (χ1v) is 6.28. The molecule has 0 saturated heterocycles. The number of aliphatic hydroxyl groups is 1. The van der Waals surface area contributed by atoms with Crippen LogP contribution in [0, 0.1) is 0 Å². The minimum absolute atomic E-state index is 0.00665. The minimum Gasteiger partial charge on any atom is -0.763 e. The second-order valence-corrected chi connectivity index (χ2v) is 4.45. The molecule has 1 aromatic rings. The van der Waals surface area contributed by atoms with Gasteiger partial charge in [-0.25, -0.2) is 0 Å². The number of carbonyl (C=O) groups excluding carboxylic acids is 2. The van der Waals surface area contributed by atoms with Crippen LogP contribution >= 0.6 is 0 Å². The first kappa shape index (κ1) is 18.3. The molecule has 1 amide bonds. The Hall–Kier alpha value is -2.70. The lowest BCUT2D eigenvalue weighted by atomic mass is 10.1. The van der Waals surface area contributed by atoms with E-state index in [2.05, 4.69) is 11.9 Å². The maximum atomic E-state index is 12.4. The molecule has 0 aromatic heterocycles. The fraction of sp³-hybridized carbons (Fsp3) is 0.200. The Morgan fingerprint density at radius 2 is 1.91 bits per heavy atom. The average molecular weight is 325 g/mol. The third-order valence-corrected chi connectivity index (χ3v) is 2.75. The number of halogens is 3. The zero-order valence-electron chi connectivity index (χ0n) is 11.7. The van der Waals surface area contributed by atoms with Gasteiger partial charge in [0.25, 0.3) is 5.91 Å². The van der Waals surface area contributed by atoms with E-state index in [0.717, 1.165) is 30.3 Å². The lowest BCUT2D eigenvalue weighted by Crippen LogP contribution is -2.23. The number of alkyl halides is 3. The molecule has 0 aliphatic carbocycles. The van der Waals surface area contributed by atoms with E-state index in [9.17, 15) is 27.9 Å². The topological polar surface area (TPSA) is 88.7 Å². The second kappa shape index (κ2) is 7.53. The molecule has 0 aliphatic rings. The van der Waals surface area contributed by atoms with Crippen LogP contribution in [-0.4, -0.2) is 28.8 Å². The number of hydrogen-bond acceptors (Lipinski definition) is 3. The number of amides is 1. The van der Waals surface area contributed by atoms with Gasteiger partial charge in [-0.1, -0.05) is 6.08 Å². The maximum Gasteiger partial charge on any atom is 0.416 e. The van der Waals surface area contributed by atoms with Crippen molar-refractivity contribution in [3.63, 3.8) is 0 Å². The number of rotatable bonds is 6. The molecule has 2 N–H and O–H groups in total. The van der Waals surface area contributed by atoms with Crippen LogP contribution in [-0.2, 0) is 15.8 Å². The van der Waals surface area contributed by atoms with Gasteiger partial charge in [-0.3, -0.25) is 15.5 Å². The fourth-order valence-corrected chi connectivity index (χ4v) is 1.55. The Morgan fingerprint density at radius 3 is 2.35 bits per heavy atom. The monoisotopic (exact) mass is 325 g/mol. The molecule has 0 heterocycles. The highest BCUT2D eigenvalue weighted by molar-refractivity contribution is 6.29. The lowest BCUT2D eigenvalue weighted by molar-refractivity contribution is -0.137. The first-order chi connectivity index (χ1) is 10.7. The molecule has 0 radical (unpaired) electrons. The summed E-state index contributed by atoms with van der Waals surface area (Å²) in [4.78, 5) is 23.5. The van der Waals surface area contributed by atoms with Crippen molar-refractivity contribution in [3.8, 4) is 0 Å². The van der Waals surface area contributed by atoms with Crippen molar-refractivity contribution in [1.82, 2.24) is 0 Å². The van der Waals surface area contributed by atoms with E-state index in [4.69, 9.17) is 5.41 Å². The molecular formula is C15H12F3N2O3-. The molecule has 0 aliphatic heterocycles. The fourth-order valence-electron chi connectivity index (χ4n) is 1.55. The number of nitrogens with zero attached hydrogens (tertiary/aromatic N) is 1. The summed E-state index contributed by atoms with van der Waals surface area (Å²) in [5, 5.41) is 20.3. The van der Waals surface area contributed by atoms with Gasteiger partial charge in [0.05, 0.1) is 11.7 Å². The van der Waals surface area contributed by atoms with E-state index in [1.54, 1.807) is 0 Å². The second-order valence-electron chi connectivity index (χ2n) is 4.45. The zero-order valence-corrected chi connectivity index (χ0v) is 11.7. The van der Waals surface area contributed by atoms with Crippen molar-refractivity contribution in [3.05, 3.63) is 53.5 Å². The molecule has 1 rings (SSSR count). The molecule has 5 nitrogen and oxygen atoms in total. The van der Waals surface area contributed by atoms with Crippen molar-refractivity contribution in [2.24, 2.45) is 0 Å². The van der Waals surface area contributed by atoms with Crippen LogP contribution in [0.15, 0.2) is 42.5 Å². The molecule has 23 heavy (non-hydrogen) atoms. The number of anilines is 1. The largest absolute Gasteiger partial charge is 0.763 e. The summed E-state index contributed by atoms with van der Waals surface area (Å²) >= 11 is 0. The summed E-state index contributed by atoms with van der Waals surface area (Å²) in [5.74, 6) is -0.544. The highest BCUT2D eigenvalue weighted by Gasteiger charge is 2.30. The lowest BCUT2D eigenvalue weighted by Gasteiger charge is -2.10. The number of benzene rings is 1. The molecule has 0 spiro atoms. The molecule has 0 fully saturated rings. The molecular weight excluding hydrogens is 313 g/mol. The van der Waals surface area contributed by atoms with E-state index < -0.39 is 41.5 Å². The summed E-state index contributed by atoms with van der Waals surface area (Å²) < 4.78 is 37.2. The van der Waals surface area contributed by atoms with E-state index in [-0.39, 0.29) is 5.69 Å².